The summed E-state index contributed by atoms with van der Waals surface area (Å²) in [7, 11) is -3.64. The highest BCUT2D eigenvalue weighted by Gasteiger charge is 2.30. The largest absolute Gasteiger partial charge is 0.336 e. The molecule has 0 bridgehead atoms. The van der Waals surface area contributed by atoms with Gasteiger partial charge < -0.3 is 10.6 Å². The quantitative estimate of drug-likeness (QED) is 0.588. The first-order valence-electron chi connectivity index (χ1n) is 10.2. The van der Waals surface area contributed by atoms with Crippen molar-refractivity contribution in [3.8, 4) is 0 Å². The topological polar surface area (TPSA) is 83.7 Å². The molecule has 1 fully saturated rings. The van der Waals surface area contributed by atoms with Crippen molar-refractivity contribution in [2.45, 2.75) is 11.3 Å². The number of piperazine rings is 1. The first-order valence-corrected chi connectivity index (χ1v) is 12.0. The fourth-order valence-corrected chi connectivity index (χ4v) is 5.44. The molecule has 2 N–H and O–H groups in total. The number of hydrogen-bond acceptors (Lipinski definition) is 4. The molecule has 1 aliphatic rings. The molecule has 1 aliphatic heterocycles. The number of halogens is 2. The van der Waals surface area contributed by atoms with E-state index in [0.717, 1.165) is 22.8 Å². The third-order valence-electron chi connectivity index (χ3n) is 5.57. The van der Waals surface area contributed by atoms with E-state index < -0.39 is 10.0 Å². The van der Waals surface area contributed by atoms with E-state index in [0.29, 0.717) is 30.2 Å². The minimum absolute atomic E-state index is 0. The van der Waals surface area contributed by atoms with Crippen LogP contribution in [0.25, 0.3) is 10.8 Å². The number of sulfonamides is 1. The minimum Gasteiger partial charge on any atom is -0.336 e. The maximum atomic E-state index is 13.1. The van der Waals surface area contributed by atoms with Crippen molar-refractivity contribution in [3.63, 3.8) is 0 Å². The fraction of sp³-hybridized carbons (Fsp3) is 0.261. The summed E-state index contributed by atoms with van der Waals surface area (Å²) < 4.78 is 27.7. The molecule has 3 aromatic rings. The van der Waals surface area contributed by atoms with E-state index in [1.54, 1.807) is 47.4 Å². The Bertz CT molecular complexity index is 1210. The van der Waals surface area contributed by atoms with Gasteiger partial charge in [-0.15, -0.1) is 12.4 Å². The van der Waals surface area contributed by atoms with Gasteiger partial charge in [0.05, 0.1) is 4.90 Å². The highest BCUT2D eigenvalue weighted by molar-refractivity contribution is 7.89. The molecule has 4 rings (SSSR count). The monoisotopic (exact) mass is 493 g/mol. The Balaban J connectivity index is 0.00000289. The number of nitrogens with zero attached hydrogens (tertiary/aromatic N) is 2. The summed E-state index contributed by atoms with van der Waals surface area (Å²) in [6, 6.07) is 17.8. The summed E-state index contributed by atoms with van der Waals surface area (Å²) in [6.07, 6.45) is 0.771. The Hall–Kier alpha value is -2.16. The average Bonchev–Trinajstić information content (AvgIpc) is 2.79. The molecule has 32 heavy (non-hydrogen) atoms. The predicted molar refractivity (Wildman–Crippen MR) is 130 cm³/mol. The second kappa shape index (κ2) is 10.2. The van der Waals surface area contributed by atoms with E-state index in [-0.39, 0.29) is 36.3 Å². The van der Waals surface area contributed by atoms with Crippen LogP contribution in [0, 0.1) is 0 Å². The zero-order chi connectivity index (χ0) is 22.0. The smallest absolute Gasteiger partial charge is 0.253 e. The zero-order valence-corrected chi connectivity index (χ0v) is 19.8. The van der Waals surface area contributed by atoms with Gasteiger partial charge in [-0.3, -0.25) is 4.79 Å². The standard InChI is InChI=1S/C23H24ClN3O3S.ClH/c24-21-7-5-20-16-22(8-6-19(20)15-21)31(29,30)27-13-11-26(12-14-27)23(28)18-3-1-17(2-4-18)9-10-25;/h1-8,15-16H,9-14,25H2;1H. The van der Waals surface area contributed by atoms with E-state index in [1.165, 1.54) is 4.31 Å². The molecule has 170 valence electrons. The molecule has 0 aromatic heterocycles. The Morgan fingerprint density at radius 1 is 0.906 bits per heavy atom. The molecule has 0 spiro atoms. The molecule has 1 amide bonds. The molecule has 0 atom stereocenters. The van der Waals surface area contributed by atoms with Crippen molar-refractivity contribution >= 4 is 50.7 Å². The molecule has 1 saturated heterocycles. The van der Waals surface area contributed by atoms with Crippen molar-refractivity contribution in [1.29, 1.82) is 0 Å². The number of fused-ring (bicyclic) bond motifs is 1. The average molecular weight is 494 g/mol. The fourth-order valence-electron chi connectivity index (χ4n) is 3.80. The Labute approximate surface area is 199 Å². The van der Waals surface area contributed by atoms with Gasteiger partial charge in [-0.1, -0.05) is 35.9 Å². The van der Waals surface area contributed by atoms with Gasteiger partial charge in [-0.25, -0.2) is 8.42 Å². The van der Waals surface area contributed by atoms with Gasteiger partial charge in [0.25, 0.3) is 5.91 Å². The lowest BCUT2D eigenvalue weighted by Crippen LogP contribution is -2.50. The third kappa shape index (κ3) is 5.08. The molecule has 0 saturated carbocycles. The highest BCUT2D eigenvalue weighted by Crippen LogP contribution is 2.25. The number of rotatable bonds is 5. The number of carbonyl (C=O) groups excluding carboxylic acids is 1. The lowest BCUT2D eigenvalue weighted by molar-refractivity contribution is 0.0698. The van der Waals surface area contributed by atoms with Crippen LogP contribution in [-0.2, 0) is 16.4 Å². The van der Waals surface area contributed by atoms with Crippen LogP contribution >= 0.6 is 24.0 Å². The third-order valence-corrected chi connectivity index (χ3v) is 7.70. The van der Waals surface area contributed by atoms with Gasteiger partial charge in [-0.05, 0) is 65.7 Å². The second-order valence-electron chi connectivity index (χ2n) is 7.59. The molecule has 9 heteroatoms. The molecular formula is C23H25Cl2N3O3S. The van der Waals surface area contributed by atoms with Gasteiger partial charge in [-0.2, -0.15) is 4.31 Å². The van der Waals surface area contributed by atoms with E-state index in [4.69, 9.17) is 17.3 Å². The van der Waals surface area contributed by atoms with Crippen LogP contribution in [0.5, 0.6) is 0 Å². The summed E-state index contributed by atoms with van der Waals surface area (Å²) in [5.74, 6) is -0.0843. The second-order valence-corrected chi connectivity index (χ2v) is 9.96. The predicted octanol–water partition coefficient (Wildman–Crippen LogP) is 3.56. The molecular weight excluding hydrogens is 469 g/mol. The number of nitrogens with two attached hydrogens (primary N) is 1. The van der Waals surface area contributed by atoms with Crippen LogP contribution < -0.4 is 5.73 Å². The Morgan fingerprint density at radius 2 is 1.53 bits per heavy atom. The minimum atomic E-state index is -3.64. The van der Waals surface area contributed by atoms with Crippen LogP contribution in [0.15, 0.2) is 65.6 Å². The van der Waals surface area contributed by atoms with E-state index in [1.807, 2.05) is 18.2 Å². The first-order chi connectivity index (χ1) is 14.9. The van der Waals surface area contributed by atoms with E-state index >= 15 is 0 Å². The van der Waals surface area contributed by atoms with Crippen molar-refractivity contribution in [2.24, 2.45) is 5.73 Å². The molecule has 1 heterocycles. The van der Waals surface area contributed by atoms with Gasteiger partial charge >= 0.3 is 0 Å². The summed E-state index contributed by atoms with van der Waals surface area (Å²) in [5, 5.41) is 2.31. The zero-order valence-electron chi connectivity index (χ0n) is 17.4. The number of benzene rings is 3. The van der Waals surface area contributed by atoms with Gasteiger partial charge in [0.15, 0.2) is 0 Å². The van der Waals surface area contributed by atoms with Crippen LogP contribution in [0.2, 0.25) is 5.02 Å². The maximum Gasteiger partial charge on any atom is 0.253 e. The lowest BCUT2D eigenvalue weighted by atomic mass is 10.1. The Kier molecular flexibility index (Phi) is 7.79. The molecule has 0 aliphatic carbocycles. The van der Waals surface area contributed by atoms with Crippen molar-refractivity contribution in [2.75, 3.05) is 32.7 Å². The summed E-state index contributed by atoms with van der Waals surface area (Å²) in [5.41, 5.74) is 7.26. The van der Waals surface area contributed by atoms with Gasteiger partial charge in [0.2, 0.25) is 10.0 Å². The van der Waals surface area contributed by atoms with Crippen molar-refractivity contribution in [1.82, 2.24) is 9.21 Å². The van der Waals surface area contributed by atoms with Gasteiger partial charge in [0.1, 0.15) is 0 Å². The number of hydrogen-bond donors (Lipinski definition) is 1. The number of amides is 1. The lowest BCUT2D eigenvalue weighted by Gasteiger charge is -2.34. The van der Waals surface area contributed by atoms with E-state index in [2.05, 4.69) is 0 Å². The number of carbonyl (C=O) groups is 1. The van der Waals surface area contributed by atoms with Crippen LogP contribution in [0.4, 0.5) is 0 Å². The molecule has 6 nitrogen and oxygen atoms in total. The molecule has 0 radical (unpaired) electrons. The highest BCUT2D eigenvalue weighted by atomic mass is 35.5. The molecule has 3 aromatic carbocycles. The molecule has 0 unspecified atom stereocenters. The summed E-state index contributed by atoms with van der Waals surface area (Å²) in [6.45, 7) is 1.79. The van der Waals surface area contributed by atoms with Crippen LogP contribution in [-0.4, -0.2) is 56.3 Å². The van der Waals surface area contributed by atoms with Crippen molar-refractivity contribution < 1.29 is 13.2 Å². The van der Waals surface area contributed by atoms with Crippen LogP contribution in [0.3, 0.4) is 0 Å². The van der Waals surface area contributed by atoms with E-state index in [9.17, 15) is 13.2 Å². The Morgan fingerprint density at radius 3 is 2.19 bits per heavy atom. The normalized spacial score (nSPS) is 14.9. The summed E-state index contributed by atoms with van der Waals surface area (Å²) >= 11 is 6.01. The first kappa shape index (κ1) is 24.5. The van der Waals surface area contributed by atoms with Crippen molar-refractivity contribution in [3.05, 3.63) is 76.8 Å². The summed E-state index contributed by atoms with van der Waals surface area (Å²) in [4.78, 5) is 14.7. The van der Waals surface area contributed by atoms with Gasteiger partial charge in [0, 0.05) is 36.8 Å². The van der Waals surface area contributed by atoms with Crippen LogP contribution in [0.1, 0.15) is 15.9 Å². The maximum absolute atomic E-state index is 13.1. The SMILES string of the molecule is Cl.NCCc1ccc(C(=O)N2CCN(S(=O)(=O)c3ccc4cc(Cl)ccc4c3)CC2)cc1.